The van der Waals surface area contributed by atoms with Crippen LogP contribution in [0.15, 0.2) is 66.2 Å². The van der Waals surface area contributed by atoms with Crippen LogP contribution in [0.5, 0.6) is 11.5 Å². The number of ether oxygens (including phenoxy) is 1. The number of likely N-dealkylation sites (tertiary alicyclic amines) is 1. The Labute approximate surface area is 238 Å². The van der Waals surface area contributed by atoms with Gasteiger partial charge in [-0.05, 0) is 74.1 Å². The lowest BCUT2D eigenvalue weighted by Crippen LogP contribution is -2.46. The summed E-state index contributed by atoms with van der Waals surface area (Å²) in [6, 6.07) is 14.9. The number of fused-ring (bicyclic) bond motifs is 1. The Morgan fingerprint density at radius 1 is 1.12 bits per heavy atom. The van der Waals surface area contributed by atoms with Crippen LogP contribution < -0.4 is 21.1 Å². The molecule has 1 aliphatic heterocycles. The number of nitrogens with zero attached hydrogens (tertiary/aromatic N) is 1. The van der Waals surface area contributed by atoms with E-state index in [-0.39, 0.29) is 41.7 Å². The quantitative estimate of drug-likeness (QED) is 0.210. The SMILES string of the molecule is C=C(CNC(=O)c1ccc(Oc2ccc(C)cc2)c(C)c1)N1C2C[C@@]2(C)C[C@H]1C(=O)NCc1cc(C(=N)N)cs1. The number of aryl methyl sites for hydroxylation is 2. The van der Waals surface area contributed by atoms with Gasteiger partial charge in [0.05, 0.1) is 13.1 Å². The molecule has 3 aromatic rings. The van der Waals surface area contributed by atoms with Crippen LogP contribution in [0.1, 0.15) is 51.7 Å². The molecule has 1 saturated heterocycles. The number of carbonyl (C=O) groups is 2. The summed E-state index contributed by atoms with van der Waals surface area (Å²) < 4.78 is 5.98. The molecule has 2 aromatic carbocycles. The second kappa shape index (κ2) is 10.8. The summed E-state index contributed by atoms with van der Waals surface area (Å²) in [6.45, 7) is 11.0. The Morgan fingerprint density at radius 2 is 1.88 bits per heavy atom. The maximum atomic E-state index is 13.2. The largest absolute Gasteiger partial charge is 0.457 e. The minimum Gasteiger partial charge on any atom is -0.457 e. The van der Waals surface area contributed by atoms with Crippen LogP contribution in [0, 0.1) is 24.7 Å². The fourth-order valence-corrected chi connectivity index (χ4v) is 6.20. The predicted octanol–water partition coefficient (Wildman–Crippen LogP) is 4.85. The first-order valence-electron chi connectivity index (χ1n) is 13.3. The topological polar surface area (TPSA) is 121 Å². The van der Waals surface area contributed by atoms with Gasteiger partial charge in [0.25, 0.3) is 5.91 Å². The molecule has 2 aliphatic rings. The van der Waals surface area contributed by atoms with Gasteiger partial charge in [-0.1, -0.05) is 31.2 Å². The average molecular weight is 558 g/mol. The van der Waals surface area contributed by atoms with Gasteiger partial charge in [-0.2, -0.15) is 0 Å². The number of rotatable bonds is 10. The highest BCUT2D eigenvalue weighted by atomic mass is 32.1. The molecule has 3 atom stereocenters. The lowest BCUT2D eigenvalue weighted by molar-refractivity contribution is -0.125. The normalized spacial score (nSPS) is 20.9. The Hall–Kier alpha value is -4.11. The van der Waals surface area contributed by atoms with Crippen molar-refractivity contribution in [3.05, 3.63) is 93.3 Å². The highest BCUT2D eigenvalue weighted by Gasteiger charge is 2.63. The molecule has 208 valence electrons. The van der Waals surface area contributed by atoms with Crippen molar-refractivity contribution in [2.24, 2.45) is 11.1 Å². The van der Waals surface area contributed by atoms with E-state index < -0.39 is 0 Å². The summed E-state index contributed by atoms with van der Waals surface area (Å²) in [4.78, 5) is 29.2. The maximum Gasteiger partial charge on any atom is 0.251 e. The van der Waals surface area contributed by atoms with Crippen LogP contribution in [0.25, 0.3) is 0 Å². The number of piperidine rings is 1. The highest BCUT2D eigenvalue weighted by Crippen LogP contribution is 2.60. The van der Waals surface area contributed by atoms with Crippen molar-refractivity contribution < 1.29 is 14.3 Å². The van der Waals surface area contributed by atoms with E-state index in [1.165, 1.54) is 11.3 Å². The van der Waals surface area contributed by atoms with Crippen molar-refractivity contribution >= 4 is 29.0 Å². The van der Waals surface area contributed by atoms with Crippen LogP contribution in [-0.2, 0) is 11.3 Å². The number of benzene rings is 2. The molecule has 0 radical (unpaired) electrons. The van der Waals surface area contributed by atoms with Crippen LogP contribution in [-0.4, -0.2) is 41.2 Å². The summed E-state index contributed by atoms with van der Waals surface area (Å²) in [6.07, 6.45) is 1.76. The number of carbonyl (C=O) groups excluding carboxylic acids is 2. The molecule has 1 saturated carbocycles. The van der Waals surface area contributed by atoms with E-state index in [0.29, 0.717) is 23.4 Å². The van der Waals surface area contributed by atoms with E-state index in [9.17, 15) is 9.59 Å². The van der Waals surface area contributed by atoms with Crippen LogP contribution in [0.3, 0.4) is 0 Å². The van der Waals surface area contributed by atoms with Crippen LogP contribution in [0.4, 0.5) is 0 Å². The van der Waals surface area contributed by atoms with E-state index in [1.807, 2.05) is 61.7 Å². The number of nitrogens with two attached hydrogens (primary N) is 1. The van der Waals surface area contributed by atoms with Gasteiger partial charge >= 0.3 is 0 Å². The van der Waals surface area contributed by atoms with Gasteiger partial charge in [-0.15, -0.1) is 11.3 Å². The molecule has 2 fully saturated rings. The molecular weight excluding hydrogens is 522 g/mol. The van der Waals surface area contributed by atoms with Crippen molar-refractivity contribution in [1.82, 2.24) is 15.5 Å². The fourth-order valence-electron chi connectivity index (χ4n) is 5.37. The first-order chi connectivity index (χ1) is 19.0. The van der Waals surface area contributed by atoms with Gasteiger partial charge in [-0.25, -0.2) is 0 Å². The molecule has 5 N–H and O–H groups in total. The zero-order valence-corrected chi connectivity index (χ0v) is 23.9. The van der Waals surface area contributed by atoms with Crippen molar-refractivity contribution in [3.8, 4) is 11.5 Å². The summed E-state index contributed by atoms with van der Waals surface area (Å²) in [5.41, 5.74) is 9.59. The van der Waals surface area contributed by atoms with Gasteiger partial charge in [0.1, 0.15) is 23.4 Å². The van der Waals surface area contributed by atoms with Gasteiger partial charge in [0, 0.05) is 33.1 Å². The lowest BCUT2D eigenvalue weighted by atomic mass is 10.0. The number of hydrogen-bond acceptors (Lipinski definition) is 6. The molecular formula is C31H35N5O3S. The van der Waals surface area contributed by atoms with Crippen molar-refractivity contribution in [1.29, 1.82) is 5.41 Å². The molecule has 5 rings (SSSR count). The molecule has 0 spiro atoms. The average Bonchev–Trinajstić information content (AvgIpc) is 3.24. The Bertz CT molecular complexity index is 1480. The first-order valence-corrected chi connectivity index (χ1v) is 14.2. The number of hydrogen-bond donors (Lipinski definition) is 4. The summed E-state index contributed by atoms with van der Waals surface area (Å²) in [5.74, 6) is 1.20. The third kappa shape index (κ3) is 5.74. The molecule has 2 amide bonds. The molecule has 9 heteroatoms. The molecule has 1 aromatic heterocycles. The molecule has 8 nitrogen and oxygen atoms in total. The minimum atomic E-state index is -0.333. The van der Waals surface area contributed by atoms with E-state index in [4.69, 9.17) is 15.9 Å². The summed E-state index contributed by atoms with van der Waals surface area (Å²) in [5, 5.41) is 15.4. The van der Waals surface area contributed by atoms with Gasteiger partial charge < -0.3 is 26.0 Å². The van der Waals surface area contributed by atoms with Gasteiger partial charge in [-0.3, -0.25) is 15.0 Å². The number of nitrogen functional groups attached to an aromatic ring is 1. The number of amides is 2. The second-order valence-electron chi connectivity index (χ2n) is 11.1. The smallest absolute Gasteiger partial charge is 0.251 e. The maximum absolute atomic E-state index is 13.2. The summed E-state index contributed by atoms with van der Waals surface area (Å²) in [7, 11) is 0. The molecule has 1 unspecified atom stereocenters. The monoisotopic (exact) mass is 557 g/mol. The lowest BCUT2D eigenvalue weighted by Gasteiger charge is -2.30. The molecule has 0 bridgehead atoms. The van der Waals surface area contributed by atoms with Crippen molar-refractivity contribution in [2.75, 3.05) is 6.54 Å². The van der Waals surface area contributed by atoms with Crippen molar-refractivity contribution in [2.45, 2.75) is 52.2 Å². The van der Waals surface area contributed by atoms with Crippen LogP contribution in [0.2, 0.25) is 0 Å². The molecule has 40 heavy (non-hydrogen) atoms. The van der Waals surface area contributed by atoms with Crippen molar-refractivity contribution in [3.63, 3.8) is 0 Å². The third-order valence-corrected chi connectivity index (χ3v) is 8.78. The van der Waals surface area contributed by atoms with E-state index in [0.717, 1.165) is 40.3 Å². The zero-order valence-electron chi connectivity index (χ0n) is 23.0. The summed E-state index contributed by atoms with van der Waals surface area (Å²) >= 11 is 1.47. The first kappa shape index (κ1) is 27.5. The number of thiophene rings is 1. The van der Waals surface area contributed by atoms with Gasteiger partial charge in [0.2, 0.25) is 5.91 Å². The number of amidine groups is 1. The Morgan fingerprint density at radius 3 is 2.55 bits per heavy atom. The molecule has 2 heterocycles. The fraction of sp³-hybridized carbons (Fsp3) is 0.323. The third-order valence-electron chi connectivity index (χ3n) is 7.84. The highest BCUT2D eigenvalue weighted by molar-refractivity contribution is 7.10. The van der Waals surface area contributed by atoms with E-state index in [1.54, 1.807) is 6.07 Å². The van der Waals surface area contributed by atoms with E-state index >= 15 is 0 Å². The Balaban J connectivity index is 1.17. The Kier molecular flexibility index (Phi) is 7.42. The molecule has 1 aliphatic carbocycles. The van der Waals surface area contributed by atoms with Gasteiger partial charge in [0.15, 0.2) is 0 Å². The van der Waals surface area contributed by atoms with E-state index in [2.05, 4.69) is 29.0 Å². The zero-order chi connectivity index (χ0) is 28.6. The van der Waals surface area contributed by atoms with Crippen LogP contribution >= 0.6 is 11.3 Å². The minimum absolute atomic E-state index is 0.0174. The second-order valence-corrected chi connectivity index (χ2v) is 12.1. The number of nitrogens with one attached hydrogen (secondary N) is 3. The standard InChI is InChI=1S/C31H35N5O3S/c1-18-5-8-23(9-6-18)39-26-10-7-21(11-19(26)2)29(37)34-15-20(3)36-25(13-31(4)14-27(31)36)30(38)35-16-24-12-22(17-40-24)28(32)33/h5-12,17,25,27H,3,13-16H2,1-2,4H3,(H3,32,33)(H,34,37)(H,35,38)/t25-,27?,31+/m0/s1. The predicted molar refractivity (Wildman–Crippen MR) is 158 cm³/mol.